The molecule has 102 valence electrons. The Morgan fingerprint density at radius 3 is 2.95 bits per heavy atom. The standard InChI is InChI=1S/C14H19N3OS/c1-2-15-11(7-8-18)9-19-14-12-5-3-4-6-13(12)16-10-17-14/h3-6,10-11,15,18H,2,7-9H2,1H3. The third-order valence-electron chi connectivity index (χ3n) is 2.90. The van der Waals surface area contributed by atoms with E-state index in [2.05, 4.69) is 22.2 Å². The lowest BCUT2D eigenvalue weighted by Crippen LogP contribution is -2.32. The largest absolute Gasteiger partial charge is 0.396 e. The van der Waals surface area contributed by atoms with Gasteiger partial charge in [0.15, 0.2) is 0 Å². The summed E-state index contributed by atoms with van der Waals surface area (Å²) < 4.78 is 0. The van der Waals surface area contributed by atoms with Gasteiger partial charge in [-0.1, -0.05) is 25.1 Å². The highest BCUT2D eigenvalue weighted by atomic mass is 32.2. The molecule has 2 N–H and O–H groups in total. The minimum atomic E-state index is 0.211. The molecule has 2 aromatic rings. The maximum atomic E-state index is 9.06. The number of benzene rings is 1. The highest BCUT2D eigenvalue weighted by Gasteiger charge is 2.09. The normalized spacial score (nSPS) is 12.7. The minimum Gasteiger partial charge on any atom is -0.396 e. The maximum Gasteiger partial charge on any atom is 0.117 e. The predicted octanol–water partition coefficient (Wildman–Crippen LogP) is 2.08. The van der Waals surface area contributed by atoms with Crippen molar-refractivity contribution in [2.75, 3.05) is 18.9 Å². The topological polar surface area (TPSA) is 58.0 Å². The van der Waals surface area contributed by atoms with Gasteiger partial charge in [-0.2, -0.15) is 0 Å². The van der Waals surface area contributed by atoms with Crippen molar-refractivity contribution in [2.45, 2.75) is 24.4 Å². The fourth-order valence-corrected chi connectivity index (χ4v) is 3.06. The zero-order chi connectivity index (χ0) is 13.5. The number of hydrogen-bond acceptors (Lipinski definition) is 5. The molecule has 0 spiro atoms. The second kappa shape index (κ2) is 7.43. The van der Waals surface area contributed by atoms with Gasteiger partial charge in [-0.05, 0) is 19.0 Å². The first-order chi connectivity index (χ1) is 9.35. The van der Waals surface area contributed by atoms with E-state index < -0.39 is 0 Å². The van der Waals surface area contributed by atoms with Crippen LogP contribution in [0.25, 0.3) is 10.9 Å². The van der Waals surface area contributed by atoms with Gasteiger partial charge in [0, 0.05) is 23.8 Å². The van der Waals surface area contributed by atoms with E-state index in [0.717, 1.165) is 34.6 Å². The number of fused-ring (bicyclic) bond motifs is 1. The zero-order valence-corrected chi connectivity index (χ0v) is 11.9. The van der Waals surface area contributed by atoms with E-state index in [-0.39, 0.29) is 6.61 Å². The van der Waals surface area contributed by atoms with Crippen LogP contribution in [0.5, 0.6) is 0 Å². The Bertz CT molecular complexity index is 510. The molecule has 1 atom stereocenters. The number of nitrogens with zero attached hydrogens (tertiary/aromatic N) is 2. The Morgan fingerprint density at radius 1 is 1.32 bits per heavy atom. The van der Waals surface area contributed by atoms with E-state index in [4.69, 9.17) is 5.11 Å². The highest BCUT2D eigenvalue weighted by Crippen LogP contribution is 2.24. The number of aliphatic hydroxyl groups is 1. The lowest BCUT2D eigenvalue weighted by Gasteiger charge is -2.16. The fourth-order valence-electron chi connectivity index (χ4n) is 1.96. The van der Waals surface area contributed by atoms with E-state index in [1.165, 1.54) is 0 Å². The fraction of sp³-hybridized carbons (Fsp3) is 0.429. The lowest BCUT2D eigenvalue weighted by molar-refractivity contribution is 0.271. The number of rotatable bonds is 7. The van der Waals surface area contributed by atoms with Crippen LogP contribution in [0, 0.1) is 0 Å². The van der Waals surface area contributed by atoms with Crippen LogP contribution >= 0.6 is 11.8 Å². The van der Waals surface area contributed by atoms with Crippen LogP contribution in [0.4, 0.5) is 0 Å². The molecule has 1 unspecified atom stereocenters. The number of nitrogens with one attached hydrogen (secondary N) is 1. The first kappa shape index (κ1) is 14.2. The summed E-state index contributed by atoms with van der Waals surface area (Å²) >= 11 is 1.71. The molecule has 0 aliphatic rings. The first-order valence-corrected chi connectivity index (χ1v) is 7.50. The van der Waals surface area contributed by atoms with Crippen molar-refractivity contribution < 1.29 is 5.11 Å². The summed E-state index contributed by atoms with van der Waals surface area (Å²) in [6.45, 7) is 3.20. The molecule has 0 aliphatic heterocycles. The summed E-state index contributed by atoms with van der Waals surface area (Å²) in [4.78, 5) is 8.62. The molecule has 0 fully saturated rings. The summed E-state index contributed by atoms with van der Waals surface area (Å²) in [7, 11) is 0. The highest BCUT2D eigenvalue weighted by molar-refractivity contribution is 7.99. The van der Waals surface area contributed by atoms with Gasteiger partial charge in [0.1, 0.15) is 11.4 Å². The van der Waals surface area contributed by atoms with E-state index in [1.807, 2.05) is 24.3 Å². The minimum absolute atomic E-state index is 0.211. The molecule has 19 heavy (non-hydrogen) atoms. The monoisotopic (exact) mass is 277 g/mol. The molecule has 1 aromatic heterocycles. The molecule has 5 heteroatoms. The van der Waals surface area contributed by atoms with E-state index >= 15 is 0 Å². The van der Waals surface area contributed by atoms with Gasteiger partial charge in [0.25, 0.3) is 0 Å². The molecule has 0 bridgehead atoms. The molecule has 4 nitrogen and oxygen atoms in total. The number of aliphatic hydroxyl groups excluding tert-OH is 1. The molecular formula is C14H19N3OS. The molecule has 0 aliphatic carbocycles. The Kier molecular flexibility index (Phi) is 5.57. The average Bonchev–Trinajstić information content (AvgIpc) is 2.45. The van der Waals surface area contributed by atoms with E-state index in [0.29, 0.717) is 6.04 Å². The van der Waals surface area contributed by atoms with Crippen molar-refractivity contribution >= 4 is 22.7 Å². The Balaban J connectivity index is 2.08. The Hall–Kier alpha value is -1.17. The van der Waals surface area contributed by atoms with Gasteiger partial charge in [-0.15, -0.1) is 11.8 Å². The van der Waals surface area contributed by atoms with Crippen molar-refractivity contribution in [3.8, 4) is 0 Å². The second-order valence-corrected chi connectivity index (χ2v) is 5.28. The average molecular weight is 277 g/mol. The molecule has 0 radical (unpaired) electrons. The molecule has 1 aromatic carbocycles. The number of aromatic nitrogens is 2. The van der Waals surface area contributed by atoms with Crippen LogP contribution in [0.3, 0.4) is 0 Å². The van der Waals surface area contributed by atoms with Crippen LogP contribution < -0.4 is 5.32 Å². The van der Waals surface area contributed by atoms with Gasteiger partial charge in [0.05, 0.1) is 5.52 Å². The lowest BCUT2D eigenvalue weighted by atomic mass is 10.2. The number of thioether (sulfide) groups is 1. The maximum absolute atomic E-state index is 9.06. The summed E-state index contributed by atoms with van der Waals surface area (Å²) in [6.07, 6.45) is 2.38. The van der Waals surface area contributed by atoms with Gasteiger partial charge < -0.3 is 10.4 Å². The van der Waals surface area contributed by atoms with Gasteiger partial charge in [0.2, 0.25) is 0 Å². The number of para-hydroxylation sites is 1. The molecule has 0 amide bonds. The van der Waals surface area contributed by atoms with Crippen LogP contribution in [0.2, 0.25) is 0 Å². The van der Waals surface area contributed by atoms with E-state index in [9.17, 15) is 0 Å². The van der Waals surface area contributed by atoms with E-state index in [1.54, 1.807) is 18.1 Å². The van der Waals surface area contributed by atoms with Crippen molar-refractivity contribution in [3.63, 3.8) is 0 Å². The zero-order valence-electron chi connectivity index (χ0n) is 11.0. The third-order valence-corrected chi connectivity index (χ3v) is 4.07. The molecular weight excluding hydrogens is 258 g/mol. The summed E-state index contributed by atoms with van der Waals surface area (Å²) in [5, 5.41) is 14.5. The van der Waals surface area contributed by atoms with Crippen molar-refractivity contribution in [3.05, 3.63) is 30.6 Å². The predicted molar refractivity (Wildman–Crippen MR) is 79.4 cm³/mol. The van der Waals surface area contributed by atoms with Gasteiger partial charge in [-0.25, -0.2) is 9.97 Å². The Labute approximate surface area is 117 Å². The van der Waals surface area contributed by atoms with Crippen molar-refractivity contribution in [2.24, 2.45) is 0 Å². The van der Waals surface area contributed by atoms with Crippen molar-refractivity contribution in [1.29, 1.82) is 0 Å². The van der Waals surface area contributed by atoms with Gasteiger partial charge >= 0.3 is 0 Å². The first-order valence-electron chi connectivity index (χ1n) is 6.52. The number of hydrogen-bond donors (Lipinski definition) is 2. The molecule has 1 heterocycles. The summed E-state index contributed by atoms with van der Waals surface area (Å²) in [5.41, 5.74) is 0.974. The summed E-state index contributed by atoms with van der Waals surface area (Å²) in [5.74, 6) is 0.898. The van der Waals surface area contributed by atoms with Crippen LogP contribution in [-0.2, 0) is 0 Å². The second-order valence-electron chi connectivity index (χ2n) is 4.27. The van der Waals surface area contributed by atoms with Crippen LogP contribution in [0.1, 0.15) is 13.3 Å². The third kappa shape index (κ3) is 3.89. The van der Waals surface area contributed by atoms with Crippen LogP contribution in [0.15, 0.2) is 35.6 Å². The Morgan fingerprint density at radius 2 is 2.16 bits per heavy atom. The molecule has 2 rings (SSSR count). The summed E-state index contributed by atoms with van der Waals surface area (Å²) in [6, 6.07) is 8.35. The van der Waals surface area contributed by atoms with Crippen molar-refractivity contribution in [1.82, 2.24) is 15.3 Å². The smallest absolute Gasteiger partial charge is 0.117 e. The molecule has 0 saturated heterocycles. The SMILES string of the molecule is CCNC(CCO)CSc1ncnc2ccccc12. The van der Waals surface area contributed by atoms with Gasteiger partial charge in [-0.3, -0.25) is 0 Å². The van der Waals surface area contributed by atoms with Crippen LogP contribution in [-0.4, -0.2) is 40.0 Å². The quantitative estimate of drug-likeness (QED) is 0.599. The molecule has 0 saturated carbocycles.